The lowest BCUT2D eigenvalue weighted by molar-refractivity contribution is -0.193. The van der Waals surface area contributed by atoms with Crippen LogP contribution in [-0.2, 0) is 19.2 Å². The maximum absolute atomic E-state index is 8.31. The molecular formula is C19H21ClN2O6. The summed E-state index contributed by atoms with van der Waals surface area (Å²) >= 11 is 5.54. The standard InChI is InChI=1S/C8H8ClNO.C8H9NO.2CO2.CH4/c1-6-2-4-7(5-3-6)8(9)10-11;1-7-2-4-8(5-3-7)6-9-10;2*2-1-3;/h2-5,11H,1H3;2-6,10H,1H3;;;1H4/b10-8+;9-6-;;;. The third kappa shape index (κ3) is 15.9. The van der Waals surface area contributed by atoms with E-state index in [0.29, 0.717) is 0 Å². The highest BCUT2D eigenvalue weighted by molar-refractivity contribution is 6.69. The monoisotopic (exact) mass is 408 g/mol. The molecule has 0 saturated heterocycles. The van der Waals surface area contributed by atoms with Gasteiger partial charge < -0.3 is 10.4 Å². The van der Waals surface area contributed by atoms with Gasteiger partial charge in [-0.3, -0.25) is 0 Å². The number of hydrogen-bond donors (Lipinski definition) is 2. The highest BCUT2D eigenvalue weighted by atomic mass is 35.5. The number of rotatable bonds is 2. The first-order valence-corrected chi connectivity index (χ1v) is 7.45. The molecule has 2 aromatic carbocycles. The molecule has 0 spiro atoms. The molecule has 2 aromatic rings. The highest BCUT2D eigenvalue weighted by Gasteiger charge is 1.97. The summed E-state index contributed by atoms with van der Waals surface area (Å²) in [4.78, 5) is 32.5. The van der Waals surface area contributed by atoms with Crippen LogP contribution in [0.2, 0.25) is 0 Å². The number of benzene rings is 2. The van der Waals surface area contributed by atoms with Crippen LogP contribution in [0.4, 0.5) is 0 Å². The quantitative estimate of drug-likeness (QED) is 0.442. The number of halogens is 1. The van der Waals surface area contributed by atoms with Gasteiger partial charge in [0.25, 0.3) is 0 Å². The van der Waals surface area contributed by atoms with E-state index in [1.807, 2.05) is 50.2 Å². The minimum atomic E-state index is 0. The Labute approximate surface area is 167 Å². The van der Waals surface area contributed by atoms with E-state index in [-0.39, 0.29) is 24.9 Å². The summed E-state index contributed by atoms with van der Waals surface area (Å²) in [5.41, 5.74) is 3.99. The smallest absolute Gasteiger partial charge is 0.373 e. The van der Waals surface area contributed by atoms with Gasteiger partial charge >= 0.3 is 12.3 Å². The first-order chi connectivity index (χ1) is 12.9. The van der Waals surface area contributed by atoms with E-state index < -0.39 is 0 Å². The number of aryl methyl sites for hydroxylation is 2. The lowest BCUT2D eigenvalue weighted by atomic mass is 10.2. The van der Waals surface area contributed by atoms with E-state index in [4.69, 9.17) is 41.2 Å². The third-order valence-electron chi connectivity index (χ3n) is 2.66. The van der Waals surface area contributed by atoms with Crippen molar-refractivity contribution in [3.63, 3.8) is 0 Å². The molecule has 2 rings (SSSR count). The van der Waals surface area contributed by atoms with Crippen LogP contribution in [0.25, 0.3) is 0 Å². The van der Waals surface area contributed by atoms with E-state index in [1.54, 1.807) is 12.1 Å². The fraction of sp³-hybridized carbons (Fsp3) is 0.158. The molecule has 9 heteroatoms. The maximum Gasteiger partial charge on any atom is 0.373 e. The molecule has 2 N–H and O–H groups in total. The van der Waals surface area contributed by atoms with Gasteiger partial charge in [0, 0.05) is 5.56 Å². The Morgan fingerprint density at radius 3 is 1.54 bits per heavy atom. The number of nitrogens with zero attached hydrogens (tertiary/aromatic N) is 2. The first-order valence-electron chi connectivity index (χ1n) is 7.07. The summed E-state index contributed by atoms with van der Waals surface area (Å²) in [6.07, 6.45) is 1.90. The van der Waals surface area contributed by atoms with E-state index in [0.717, 1.165) is 16.7 Å². The fourth-order valence-corrected chi connectivity index (χ4v) is 1.59. The van der Waals surface area contributed by atoms with Crippen LogP contribution in [0.1, 0.15) is 29.7 Å². The number of hydrogen-bond acceptors (Lipinski definition) is 8. The molecule has 28 heavy (non-hydrogen) atoms. The van der Waals surface area contributed by atoms with Gasteiger partial charge in [0.2, 0.25) is 0 Å². The normalized spacial score (nSPS) is 8.89. The molecule has 0 unspecified atom stereocenters. The average molecular weight is 409 g/mol. The van der Waals surface area contributed by atoms with Gasteiger partial charge in [-0.05, 0) is 19.4 Å². The Balaban J connectivity index is -0.000000341. The van der Waals surface area contributed by atoms with E-state index in [1.165, 1.54) is 11.8 Å². The lowest BCUT2D eigenvalue weighted by Gasteiger charge is -1.95. The SMILES string of the molecule is C.Cc1ccc(/C(Cl)=N\O)cc1.Cc1ccc(/C=N\O)cc1.O=C=O.O=C=O. The Bertz CT molecular complexity index is 763. The molecule has 0 amide bonds. The van der Waals surface area contributed by atoms with Crippen molar-refractivity contribution in [2.75, 3.05) is 0 Å². The Morgan fingerprint density at radius 1 is 0.857 bits per heavy atom. The molecule has 0 bridgehead atoms. The molecule has 0 aliphatic carbocycles. The van der Waals surface area contributed by atoms with Crippen molar-refractivity contribution < 1.29 is 29.6 Å². The van der Waals surface area contributed by atoms with Crippen LogP contribution in [0.5, 0.6) is 0 Å². The summed E-state index contributed by atoms with van der Waals surface area (Å²) in [7, 11) is 0. The van der Waals surface area contributed by atoms with Gasteiger partial charge in [0.15, 0.2) is 5.17 Å². The summed E-state index contributed by atoms with van der Waals surface area (Å²) in [5, 5.41) is 22.4. The average Bonchev–Trinajstić information content (AvgIpc) is 2.66. The summed E-state index contributed by atoms with van der Waals surface area (Å²) in [6, 6.07) is 15.2. The Kier molecular flexibility index (Phi) is 20.6. The van der Waals surface area contributed by atoms with Gasteiger partial charge in [-0.25, -0.2) is 0 Å². The van der Waals surface area contributed by atoms with Crippen molar-refractivity contribution in [1.29, 1.82) is 0 Å². The molecule has 8 nitrogen and oxygen atoms in total. The van der Waals surface area contributed by atoms with Crippen LogP contribution < -0.4 is 0 Å². The van der Waals surface area contributed by atoms with Gasteiger partial charge in [0.05, 0.1) is 6.21 Å². The second-order valence-corrected chi connectivity index (χ2v) is 4.94. The van der Waals surface area contributed by atoms with Crippen molar-refractivity contribution >= 4 is 35.3 Å². The van der Waals surface area contributed by atoms with E-state index in [9.17, 15) is 0 Å². The van der Waals surface area contributed by atoms with Gasteiger partial charge in [-0.15, -0.1) is 0 Å². The molecule has 0 atom stereocenters. The summed E-state index contributed by atoms with van der Waals surface area (Å²) in [5.74, 6) is 0. The Hall–Kier alpha value is -3.57. The number of oxime groups is 2. The van der Waals surface area contributed by atoms with Crippen LogP contribution in [-0.4, -0.2) is 34.1 Å². The molecule has 150 valence electrons. The van der Waals surface area contributed by atoms with Gasteiger partial charge in [-0.2, -0.15) is 19.2 Å². The lowest BCUT2D eigenvalue weighted by Crippen LogP contribution is -1.89. The topological polar surface area (TPSA) is 133 Å². The minimum absolute atomic E-state index is 0. The Morgan fingerprint density at radius 2 is 1.21 bits per heavy atom. The highest BCUT2D eigenvalue weighted by Crippen LogP contribution is 2.06. The molecule has 0 saturated carbocycles. The van der Waals surface area contributed by atoms with E-state index in [2.05, 4.69) is 10.3 Å². The van der Waals surface area contributed by atoms with E-state index >= 15 is 0 Å². The molecule has 0 aliphatic heterocycles. The van der Waals surface area contributed by atoms with Crippen molar-refractivity contribution in [3.05, 3.63) is 70.8 Å². The minimum Gasteiger partial charge on any atom is -0.411 e. The molecule has 0 aliphatic rings. The zero-order valence-corrected chi connectivity index (χ0v) is 15.3. The predicted molar refractivity (Wildman–Crippen MR) is 103 cm³/mol. The van der Waals surface area contributed by atoms with Crippen LogP contribution in [0.15, 0.2) is 58.8 Å². The fourth-order valence-electron chi connectivity index (χ4n) is 1.47. The molecule has 0 radical (unpaired) electrons. The molecular weight excluding hydrogens is 388 g/mol. The van der Waals surface area contributed by atoms with Gasteiger partial charge in [-0.1, -0.05) is 89.0 Å². The second-order valence-electron chi connectivity index (χ2n) is 4.58. The first kappa shape index (κ1) is 29.2. The zero-order valence-electron chi connectivity index (χ0n) is 14.5. The van der Waals surface area contributed by atoms with Crippen molar-refractivity contribution in [2.24, 2.45) is 10.3 Å². The predicted octanol–water partition coefficient (Wildman–Crippen LogP) is 3.64. The van der Waals surface area contributed by atoms with Crippen LogP contribution in [0.3, 0.4) is 0 Å². The summed E-state index contributed by atoms with van der Waals surface area (Å²) in [6.45, 7) is 3.99. The van der Waals surface area contributed by atoms with Crippen molar-refractivity contribution in [3.8, 4) is 0 Å². The second kappa shape index (κ2) is 19.8. The largest absolute Gasteiger partial charge is 0.411 e. The van der Waals surface area contributed by atoms with Crippen LogP contribution in [0, 0.1) is 13.8 Å². The maximum atomic E-state index is 8.31. The molecule has 0 fully saturated rings. The van der Waals surface area contributed by atoms with Crippen LogP contribution >= 0.6 is 11.6 Å². The zero-order chi connectivity index (χ0) is 21.1. The van der Waals surface area contributed by atoms with Crippen molar-refractivity contribution in [2.45, 2.75) is 21.3 Å². The summed E-state index contributed by atoms with van der Waals surface area (Å²) < 4.78 is 0. The van der Waals surface area contributed by atoms with Crippen molar-refractivity contribution in [1.82, 2.24) is 0 Å². The third-order valence-corrected chi connectivity index (χ3v) is 2.96. The number of carbonyl (C=O) groups excluding carboxylic acids is 4. The molecule has 0 aromatic heterocycles. The van der Waals surface area contributed by atoms with Gasteiger partial charge in [0.1, 0.15) is 0 Å². The molecule has 0 heterocycles.